The standard InChI is InChI=1S/C7H12N4O3/c8-6-5(7(9)13)10-4-11(6)14-3-1-2-12/h4,12H,1-3,8H2,(H2,9,13). The van der Waals surface area contributed by atoms with E-state index in [1.165, 1.54) is 6.33 Å². The van der Waals surface area contributed by atoms with Crippen molar-refractivity contribution in [1.29, 1.82) is 0 Å². The number of anilines is 1. The quantitative estimate of drug-likeness (QED) is 0.493. The minimum atomic E-state index is -0.702. The van der Waals surface area contributed by atoms with Crippen LogP contribution in [0.15, 0.2) is 6.33 Å². The molecule has 0 aromatic carbocycles. The van der Waals surface area contributed by atoms with Gasteiger partial charge in [-0.1, -0.05) is 0 Å². The van der Waals surface area contributed by atoms with Crippen LogP contribution in [0.5, 0.6) is 0 Å². The van der Waals surface area contributed by atoms with Crippen LogP contribution >= 0.6 is 0 Å². The molecule has 0 aliphatic heterocycles. The fourth-order valence-corrected chi connectivity index (χ4v) is 0.863. The molecular formula is C7H12N4O3. The van der Waals surface area contributed by atoms with Crippen molar-refractivity contribution >= 4 is 11.7 Å². The first kappa shape index (κ1) is 10.3. The van der Waals surface area contributed by atoms with Gasteiger partial charge in [-0.15, -0.1) is 0 Å². The van der Waals surface area contributed by atoms with E-state index >= 15 is 0 Å². The Morgan fingerprint density at radius 3 is 2.93 bits per heavy atom. The number of primary amides is 1. The van der Waals surface area contributed by atoms with Crippen LogP contribution in [0.25, 0.3) is 0 Å². The summed E-state index contributed by atoms with van der Waals surface area (Å²) in [6.07, 6.45) is 1.73. The molecule has 5 N–H and O–H groups in total. The molecule has 0 unspecified atom stereocenters. The number of nitrogens with zero attached hydrogens (tertiary/aromatic N) is 2. The molecule has 7 nitrogen and oxygen atoms in total. The molecule has 0 saturated carbocycles. The third kappa shape index (κ3) is 2.13. The van der Waals surface area contributed by atoms with Gasteiger partial charge in [0.1, 0.15) is 12.9 Å². The molecule has 0 aliphatic rings. The summed E-state index contributed by atoms with van der Waals surface area (Å²) in [7, 11) is 0. The lowest BCUT2D eigenvalue weighted by Gasteiger charge is -2.06. The van der Waals surface area contributed by atoms with Gasteiger partial charge in [-0.25, -0.2) is 4.98 Å². The Kier molecular flexibility index (Phi) is 3.29. The monoisotopic (exact) mass is 200 g/mol. The molecule has 0 bridgehead atoms. The van der Waals surface area contributed by atoms with Gasteiger partial charge in [-0.2, -0.15) is 4.73 Å². The Morgan fingerprint density at radius 2 is 2.43 bits per heavy atom. The zero-order valence-corrected chi connectivity index (χ0v) is 7.51. The number of imidazole rings is 1. The largest absolute Gasteiger partial charge is 0.411 e. The molecule has 0 aliphatic carbocycles. The van der Waals surface area contributed by atoms with Gasteiger partial charge in [-0.3, -0.25) is 4.79 Å². The second-order valence-corrected chi connectivity index (χ2v) is 2.58. The number of amides is 1. The van der Waals surface area contributed by atoms with E-state index in [1.54, 1.807) is 0 Å². The predicted octanol–water partition coefficient (Wildman–Crippen LogP) is -1.62. The number of rotatable bonds is 5. The molecule has 0 spiro atoms. The highest BCUT2D eigenvalue weighted by Gasteiger charge is 2.12. The first-order valence-electron chi connectivity index (χ1n) is 4.03. The van der Waals surface area contributed by atoms with E-state index in [1.807, 2.05) is 0 Å². The van der Waals surface area contributed by atoms with Gasteiger partial charge in [0.05, 0.1) is 0 Å². The van der Waals surface area contributed by atoms with E-state index in [9.17, 15) is 4.79 Å². The number of carbonyl (C=O) groups excluding carboxylic acids is 1. The van der Waals surface area contributed by atoms with E-state index in [0.717, 1.165) is 4.73 Å². The third-order valence-electron chi connectivity index (χ3n) is 1.54. The number of carbonyl (C=O) groups is 1. The highest BCUT2D eigenvalue weighted by atomic mass is 16.7. The maximum Gasteiger partial charge on any atom is 0.271 e. The molecule has 0 atom stereocenters. The summed E-state index contributed by atoms with van der Waals surface area (Å²) < 4.78 is 1.15. The van der Waals surface area contributed by atoms with Crippen molar-refractivity contribution in [2.45, 2.75) is 6.42 Å². The van der Waals surface area contributed by atoms with E-state index in [2.05, 4.69) is 4.98 Å². The molecule has 0 saturated heterocycles. The SMILES string of the molecule is NC(=O)c1ncn(OCCCO)c1N. The molecule has 1 heterocycles. The molecule has 1 rings (SSSR count). The van der Waals surface area contributed by atoms with Crippen LogP contribution in [-0.2, 0) is 0 Å². The second kappa shape index (κ2) is 4.47. The molecule has 14 heavy (non-hydrogen) atoms. The van der Waals surface area contributed by atoms with Crippen molar-refractivity contribution < 1.29 is 14.7 Å². The van der Waals surface area contributed by atoms with Gasteiger partial charge in [0.15, 0.2) is 11.5 Å². The van der Waals surface area contributed by atoms with Crippen molar-refractivity contribution in [2.75, 3.05) is 18.9 Å². The maximum absolute atomic E-state index is 10.7. The maximum atomic E-state index is 10.7. The molecule has 78 valence electrons. The van der Waals surface area contributed by atoms with Crippen molar-refractivity contribution in [1.82, 2.24) is 9.71 Å². The van der Waals surface area contributed by atoms with Crippen LogP contribution in [0.4, 0.5) is 5.82 Å². The molecule has 1 aromatic heterocycles. The van der Waals surface area contributed by atoms with Crippen LogP contribution in [-0.4, -0.2) is 33.9 Å². The first-order chi connectivity index (χ1) is 6.66. The van der Waals surface area contributed by atoms with Crippen LogP contribution in [0.3, 0.4) is 0 Å². The van der Waals surface area contributed by atoms with Crippen LogP contribution in [0, 0.1) is 0 Å². The summed E-state index contributed by atoms with van der Waals surface area (Å²) in [6.45, 7) is 0.312. The van der Waals surface area contributed by atoms with Crippen LogP contribution in [0.1, 0.15) is 16.9 Å². The van der Waals surface area contributed by atoms with E-state index in [-0.39, 0.29) is 24.7 Å². The summed E-state index contributed by atoms with van der Waals surface area (Å²) in [4.78, 5) is 19.5. The van der Waals surface area contributed by atoms with Gasteiger partial charge in [0.25, 0.3) is 5.91 Å². The molecule has 0 radical (unpaired) electrons. The van der Waals surface area contributed by atoms with E-state index in [4.69, 9.17) is 21.4 Å². The topological polar surface area (TPSA) is 116 Å². The molecule has 1 aromatic rings. The summed E-state index contributed by atoms with van der Waals surface area (Å²) in [6, 6.07) is 0. The molecule has 0 fully saturated rings. The lowest BCUT2D eigenvalue weighted by Crippen LogP contribution is -2.18. The van der Waals surface area contributed by atoms with Gasteiger partial charge in [0, 0.05) is 13.0 Å². The van der Waals surface area contributed by atoms with Crippen LogP contribution in [0.2, 0.25) is 0 Å². The number of nitrogens with two attached hydrogens (primary N) is 2. The lowest BCUT2D eigenvalue weighted by atomic mass is 10.4. The van der Waals surface area contributed by atoms with Gasteiger partial charge in [0.2, 0.25) is 0 Å². The number of nitrogen functional groups attached to an aromatic ring is 1. The average molecular weight is 200 g/mol. The van der Waals surface area contributed by atoms with Crippen LogP contribution < -0.4 is 16.3 Å². The highest BCUT2D eigenvalue weighted by Crippen LogP contribution is 2.06. The molecule has 1 amide bonds. The van der Waals surface area contributed by atoms with Gasteiger partial charge >= 0.3 is 0 Å². The van der Waals surface area contributed by atoms with E-state index in [0.29, 0.717) is 6.42 Å². The highest BCUT2D eigenvalue weighted by molar-refractivity contribution is 5.95. The second-order valence-electron chi connectivity index (χ2n) is 2.58. The summed E-state index contributed by atoms with van der Waals surface area (Å²) >= 11 is 0. The minimum Gasteiger partial charge on any atom is -0.411 e. The summed E-state index contributed by atoms with van der Waals surface area (Å²) in [5.41, 5.74) is 10.5. The first-order valence-corrected chi connectivity index (χ1v) is 4.03. The number of aliphatic hydroxyl groups excluding tert-OH is 1. The fraction of sp³-hybridized carbons (Fsp3) is 0.429. The van der Waals surface area contributed by atoms with Crippen molar-refractivity contribution in [3.8, 4) is 0 Å². The summed E-state index contributed by atoms with van der Waals surface area (Å²) in [5, 5.41) is 8.50. The predicted molar refractivity (Wildman–Crippen MR) is 48.3 cm³/mol. The summed E-state index contributed by atoms with van der Waals surface area (Å²) in [5.74, 6) is -0.637. The average Bonchev–Trinajstić information content (AvgIpc) is 2.48. The Balaban J connectivity index is 2.65. The zero-order chi connectivity index (χ0) is 10.6. The van der Waals surface area contributed by atoms with Crippen molar-refractivity contribution in [3.05, 3.63) is 12.0 Å². The Hall–Kier alpha value is -1.76. The number of aromatic nitrogens is 2. The zero-order valence-electron chi connectivity index (χ0n) is 7.51. The van der Waals surface area contributed by atoms with Gasteiger partial charge < -0.3 is 21.4 Å². The third-order valence-corrected chi connectivity index (χ3v) is 1.54. The Morgan fingerprint density at radius 1 is 1.71 bits per heavy atom. The Bertz CT molecular complexity index is 323. The smallest absolute Gasteiger partial charge is 0.271 e. The van der Waals surface area contributed by atoms with E-state index < -0.39 is 5.91 Å². The number of hydrogen-bond donors (Lipinski definition) is 3. The lowest BCUT2D eigenvalue weighted by molar-refractivity contribution is 0.0968. The molecular weight excluding hydrogens is 188 g/mol. The normalized spacial score (nSPS) is 10.1. The number of aliphatic hydroxyl groups is 1. The Labute approximate surface area is 80.2 Å². The number of hydrogen-bond acceptors (Lipinski definition) is 5. The minimum absolute atomic E-state index is 0.0194. The molecule has 7 heteroatoms. The van der Waals surface area contributed by atoms with Crippen molar-refractivity contribution in [2.24, 2.45) is 5.73 Å². The van der Waals surface area contributed by atoms with Gasteiger partial charge in [-0.05, 0) is 0 Å². The van der Waals surface area contributed by atoms with Crippen molar-refractivity contribution in [3.63, 3.8) is 0 Å². The fourth-order valence-electron chi connectivity index (χ4n) is 0.863.